The second-order valence-corrected chi connectivity index (χ2v) is 4.37. The summed E-state index contributed by atoms with van der Waals surface area (Å²) < 4.78 is 0. The average Bonchev–Trinajstić information content (AvgIpc) is 2.57. The molecule has 1 heterocycles. The van der Waals surface area contributed by atoms with Crippen LogP contribution in [0.25, 0.3) is 0 Å². The van der Waals surface area contributed by atoms with Gasteiger partial charge in [0.25, 0.3) is 0 Å². The Hall–Kier alpha value is -0.0100. The average molecular weight is 203 g/mol. The van der Waals surface area contributed by atoms with Crippen molar-refractivity contribution in [3.05, 3.63) is 22.4 Å². The number of halogens is 1. The molecule has 0 aliphatic heterocycles. The van der Waals surface area contributed by atoms with Crippen molar-refractivity contribution in [1.82, 2.24) is 0 Å². The second-order valence-electron chi connectivity index (χ2n) is 3.28. The van der Waals surface area contributed by atoms with Gasteiger partial charge in [-0.2, -0.15) is 11.3 Å². The molecule has 0 bridgehead atoms. The van der Waals surface area contributed by atoms with Crippen LogP contribution in [0.15, 0.2) is 16.8 Å². The van der Waals surface area contributed by atoms with Crippen molar-refractivity contribution in [1.29, 1.82) is 0 Å². The molecule has 0 saturated carbocycles. The zero-order chi connectivity index (χ0) is 8.81. The maximum atomic E-state index is 5.71. The monoisotopic (exact) mass is 202 g/mol. The van der Waals surface area contributed by atoms with E-state index in [1.54, 1.807) is 11.3 Å². The van der Waals surface area contributed by atoms with E-state index < -0.39 is 0 Å². The van der Waals surface area contributed by atoms with Crippen LogP contribution >= 0.6 is 22.9 Å². The quantitative estimate of drug-likeness (QED) is 0.635. The predicted molar refractivity (Wildman–Crippen MR) is 57.1 cm³/mol. The van der Waals surface area contributed by atoms with Crippen LogP contribution in [0.1, 0.15) is 25.3 Å². The molecule has 0 N–H and O–H groups in total. The largest absolute Gasteiger partial charge is 0.152 e. The zero-order valence-electron chi connectivity index (χ0n) is 7.42. The Morgan fingerprint density at radius 2 is 2.42 bits per heavy atom. The van der Waals surface area contributed by atoms with Gasteiger partial charge in [0.15, 0.2) is 0 Å². The van der Waals surface area contributed by atoms with Gasteiger partial charge in [0.1, 0.15) is 0 Å². The van der Waals surface area contributed by atoms with E-state index >= 15 is 0 Å². The molecule has 0 aliphatic carbocycles. The summed E-state index contributed by atoms with van der Waals surface area (Å²) in [5.41, 5.74) is 1.47. The van der Waals surface area contributed by atoms with Gasteiger partial charge >= 0.3 is 0 Å². The lowest BCUT2D eigenvalue weighted by molar-refractivity contribution is 0.561. The minimum absolute atomic E-state index is 0.672. The highest BCUT2D eigenvalue weighted by atomic mass is 35.5. The van der Waals surface area contributed by atoms with Crippen LogP contribution in [-0.2, 0) is 6.42 Å². The van der Waals surface area contributed by atoms with Crippen LogP contribution in [0, 0.1) is 5.92 Å². The fraction of sp³-hybridized carbons (Fsp3) is 0.600. The molecule has 0 amide bonds. The molecule has 68 valence electrons. The normalized spacial score (nSPS) is 13.2. The number of alkyl halides is 1. The van der Waals surface area contributed by atoms with Crippen molar-refractivity contribution in [2.45, 2.75) is 26.2 Å². The highest BCUT2D eigenvalue weighted by Crippen LogP contribution is 2.13. The number of thiophene rings is 1. The number of aryl methyl sites for hydroxylation is 1. The van der Waals surface area contributed by atoms with Crippen LogP contribution in [0.2, 0.25) is 0 Å². The van der Waals surface area contributed by atoms with Gasteiger partial charge in [-0.15, -0.1) is 11.6 Å². The van der Waals surface area contributed by atoms with Crippen LogP contribution in [0.5, 0.6) is 0 Å². The lowest BCUT2D eigenvalue weighted by atomic mass is 10.0. The summed E-state index contributed by atoms with van der Waals surface area (Å²) in [6.07, 6.45) is 3.73. The molecule has 12 heavy (non-hydrogen) atoms. The molecule has 0 aliphatic rings. The van der Waals surface area contributed by atoms with Crippen molar-refractivity contribution in [2.24, 2.45) is 5.92 Å². The summed E-state index contributed by atoms with van der Waals surface area (Å²) in [6.45, 7) is 2.21. The van der Waals surface area contributed by atoms with E-state index in [9.17, 15) is 0 Å². The molecule has 0 nitrogen and oxygen atoms in total. The fourth-order valence-corrected chi connectivity index (χ4v) is 2.02. The lowest BCUT2D eigenvalue weighted by Crippen LogP contribution is -1.96. The molecule has 1 rings (SSSR count). The Bertz CT molecular complexity index is 194. The minimum Gasteiger partial charge on any atom is -0.152 e. The van der Waals surface area contributed by atoms with Crippen LogP contribution < -0.4 is 0 Å². The van der Waals surface area contributed by atoms with E-state index in [1.165, 1.54) is 24.8 Å². The van der Waals surface area contributed by atoms with Crippen molar-refractivity contribution < 1.29 is 0 Å². The summed E-state index contributed by atoms with van der Waals surface area (Å²) in [5.74, 6) is 1.47. The number of rotatable bonds is 5. The van der Waals surface area contributed by atoms with Gasteiger partial charge in [0.05, 0.1) is 0 Å². The molecule has 0 fully saturated rings. The first-order chi connectivity index (χ1) is 5.83. The standard InChI is InChI=1S/C10H15ClS/c1-9(7-11)3-2-4-10-5-6-12-8-10/h5-6,8-9H,2-4,7H2,1H3. The molecule has 1 aromatic rings. The molecular weight excluding hydrogens is 188 g/mol. The van der Waals surface area contributed by atoms with E-state index in [-0.39, 0.29) is 0 Å². The van der Waals surface area contributed by atoms with E-state index in [4.69, 9.17) is 11.6 Å². The smallest absolute Gasteiger partial charge is 0.0249 e. The van der Waals surface area contributed by atoms with Gasteiger partial charge in [-0.05, 0) is 47.6 Å². The van der Waals surface area contributed by atoms with Gasteiger partial charge in [-0.1, -0.05) is 6.92 Å². The first-order valence-corrected chi connectivity index (χ1v) is 5.87. The molecule has 2 heteroatoms. The summed E-state index contributed by atoms with van der Waals surface area (Å²) in [6, 6.07) is 2.20. The molecule has 1 unspecified atom stereocenters. The summed E-state index contributed by atoms with van der Waals surface area (Å²) >= 11 is 7.49. The van der Waals surface area contributed by atoms with E-state index in [0.717, 1.165) is 5.88 Å². The second kappa shape index (κ2) is 5.60. The Morgan fingerprint density at radius 1 is 1.58 bits per heavy atom. The fourth-order valence-electron chi connectivity index (χ4n) is 1.17. The highest BCUT2D eigenvalue weighted by molar-refractivity contribution is 7.07. The maximum Gasteiger partial charge on any atom is 0.0249 e. The minimum atomic E-state index is 0.672. The zero-order valence-corrected chi connectivity index (χ0v) is 9.00. The topological polar surface area (TPSA) is 0 Å². The third-order valence-corrected chi connectivity index (χ3v) is 3.26. The molecule has 0 radical (unpaired) electrons. The third-order valence-electron chi connectivity index (χ3n) is 2.01. The Kier molecular flexibility index (Phi) is 4.70. The van der Waals surface area contributed by atoms with Gasteiger partial charge < -0.3 is 0 Å². The first-order valence-electron chi connectivity index (χ1n) is 4.40. The van der Waals surface area contributed by atoms with Crippen molar-refractivity contribution in [2.75, 3.05) is 5.88 Å². The van der Waals surface area contributed by atoms with Crippen LogP contribution in [0.4, 0.5) is 0 Å². The lowest BCUT2D eigenvalue weighted by Gasteiger charge is -2.05. The molecule has 0 aromatic carbocycles. The van der Waals surface area contributed by atoms with Crippen molar-refractivity contribution in [3.8, 4) is 0 Å². The predicted octanol–water partition coefficient (Wildman–Crippen LogP) is 3.95. The number of hydrogen-bond donors (Lipinski definition) is 0. The van der Waals surface area contributed by atoms with Gasteiger partial charge in [-0.3, -0.25) is 0 Å². The Morgan fingerprint density at radius 3 is 3.00 bits per heavy atom. The van der Waals surface area contributed by atoms with Crippen LogP contribution in [0.3, 0.4) is 0 Å². The van der Waals surface area contributed by atoms with E-state index in [0.29, 0.717) is 5.92 Å². The molecular formula is C10H15ClS. The molecule has 1 aromatic heterocycles. The first kappa shape index (κ1) is 10.1. The third kappa shape index (κ3) is 3.59. The van der Waals surface area contributed by atoms with E-state index in [2.05, 4.69) is 23.8 Å². The SMILES string of the molecule is CC(CCl)CCCc1ccsc1. The highest BCUT2D eigenvalue weighted by Gasteiger charge is 1.99. The summed E-state index contributed by atoms with van der Waals surface area (Å²) in [5, 5.41) is 4.37. The Labute approximate surface area is 83.6 Å². The van der Waals surface area contributed by atoms with Gasteiger partial charge in [-0.25, -0.2) is 0 Å². The number of hydrogen-bond acceptors (Lipinski definition) is 1. The van der Waals surface area contributed by atoms with Crippen molar-refractivity contribution >= 4 is 22.9 Å². The molecule has 1 atom stereocenters. The van der Waals surface area contributed by atoms with Gasteiger partial charge in [0, 0.05) is 5.88 Å². The summed E-state index contributed by atoms with van der Waals surface area (Å²) in [7, 11) is 0. The molecule has 0 spiro atoms. The molecule has 0 saturated heterocycles. The van der Waals surface area contributed by atoms with Gasteiger partial charge in [0.2, 0.25) is 0 Å². The van der Waals surface area contributed by atoms with Crippen LogP contribution in [-0.4, -0.2) is 5.88 Å². The van der Waals surface area contributed by atoms with E-state index in [1.807, 2.05) is 0 Å². The maximum absolute atomic E-state index is 5.71. The summed E-state index contributed by atoms with van der Waals surface area (Å²) in [4.78, 5) is 0. The van der Waals surface area contributed by atoms with Crippen molar-refractivity contribution in [3.63, 3.8) is 0 Å². The Balaban J connectivity index is 2.11.